The maximum absolute atomic E-state index is 6.08. The number of fused-ring (bicyclic) bond motifs is 1. The van der Waals surface area contributed by atoms with Gasteiger partial charge in [-0.3, -0.25) is 4.90 Å². The molecule has 36 heavy (non-hydrogen) atoms. The Morgan fingerprint density at radius 1 is 0.944 bits per heavy atom. The van der Waals surface area contributed by atoms with Gasteiger partial charge >= 0.3 is 0 Å². The van der Waals surface area contributed by atoms with Gasteiger partial charge < -0.3 is 19.7 Å². The Morgan fingerprint density at radius 2 is 1.78 bits per heavy atom. The predicted molar refractivity (Wildman–Crippen MR) is 148 cm³/mol. The zero-order valence-electron chi connectivity index (χ0n) is 21.2. The number of hydrogen-bond acceptors (Lipinski definition) is 7. The van der Waals surface area contributed by atoms with Gasteiger partial charge in [0.25, 0.3) is 0 Å². The fraction of sp³-hybridized carbons (Fsp3) is 0.552. The molecule has 3 saturated heterocycles. The summed E-state index contributed by atoms with van der Waals surface area (Å²) in [4.78, 5) is 10.0. The summed E-state index contributed by atoms with van der Waals surface area (Å²) in [6.07, 6.45) is 6.06. The van der Waals surface area contributed by atoms with Crippen LogP contribution in [-0.4, -0.2) is 79.5 Å². The number of likely N-dealkylation sites (tertiary alicyclic amines) is 1. The Morgan fingerprint density at radius 3 is 2.56 bits per heavy atom. The van der Waals surface area contributed by atoms with Crippen LogP contribution >= 0.6 is 11.3 Å². The third kappa shape index (κ3) is 5.60. The number of thiophene rings is 1. The molecule has 3 aromatic rings. The van der Waals surface area contributed by atoms with Gasteiger partial charge in [-0.25, -0.2) is 4.98 Å². The molecule has 3 aliphatic rings. The largest absolute Gasteiger partial charge is 0.384 e. The average molecular weight is 507 g/mol. The molecule has 0 unspecified atom stereocenters. The predicted octanol–water partition coefficient (Wildman–Crippen LogP) is 5.24. The van der Waals surface area contributed by atoms with Crippen LogP contribution in [0, 0.1) is 0 Å². The number of nitrogens with zero attached hydrogens (tertiary/aromatic N) is 3. The first-order valence-corrected chi connectivity index (χ1v) is 14.5. The van der Waals surface area contributed by atoms with Crippen LogP contribution in [0.5, 0.6) is 0 Å². The number of rotatable bonds is 8. The van der Waals surface area contributed by atoms with Gasteiger partial charge in [0.1, 0.15) is 0 Å². The van der Waals surface area contributed by atoms with Crippen molar-refractivity contribution in [3.63, 3.8) is 0 Å². The van der Waals surface area contributed by atoms with Crippen LogP contribution in [0.2, 0.25) is 0 Å². The molecule has 6 nitrogen and oxygen atoms in total. The molecule has 0 aliphatic carbocycles. The standard InChI is InChI=1S/C29H38N4O2S/c1-8-29(35-17-1)9-13-32(14-10-29)12-2-11-30-27-21-26(31-25-7-20-36-28(25)27)24-5-3-23(4-6-24)22-33-15-18-34-19-16-33/h3-7,20-21H,1-2,8-19,22H2,(H,30,31). The maximum atomic E-state index is 6.08. The van der Waals surface area contributed by atoms with Crippen molar-refractivity contribution in [2.45, 2.75) is 44.2 Å². The smallest absolute Gasteiger partial charge is 0.0838 e. The van der Waals surface area contributed by atoms with Crippen LogP contribution in [0.15, 0.2) is 41.8 Å². The Balaban J connectivity index is 1.06. The number of benzene rings is 1. The molecular weight excluding hydrogens is 468 g/mol. The van der Waals surface area contributed by atoms with Crippen molar-refractivity contribution in [2.24, 2.45) is 0 Å². The minimum absolute atomic E-state index is 0.216. The highest BCUT2D eigenvalue weighted by Gasteiger charge is 2.37. The number of piperidine rings is 1. The summed E-state index contributed by atoms with van der Waals surface area (Å²) in [5.41, 5.74) is 6.06. The number of aromatic nitrogens is 1. The van der Waals surface area contributed by atoms with Gasteiger partial charge in [-0.2, -0.15) is 0 Å². The van der Waals surface area contributed by atoms with Gasteiger partial charge in [-0.1, -0.05) is 24.3 Å². The Hall–Kier alpha value is -2.03. The number of morpholine rings is 1. The molecule has 0 atom stereocenters. The first-order chi connectivity index (χ1) is 17.8. The summed E-state index contributed by atoms with van der Waals surface area (Å²) in [7, 11) is 0. The van der Waals surface area contributed by atoms with Gasteiger partial charge in [0.15, 0.2) is 0 Å². The van der Waals surface area contributed by atoms with Crippen molar-refractivity contribution >= 4 is 27.2 Å². The number of nitrogens with one attached hydrogen (secondary N) is 1. The SMILES string of the molecule is c1cc2nc(-c3ccc(CN4CCOCC4)cc3)cc(NCCCN3CCC4(CCCO4)CC3)c2s1. The summed E-state index contributed by atoms with van der Waals surface area (Å²) in [5.74, 6) is 0. The minimum atomic E-state index is 0.216. The van der Waals surface area contributed by atoms with E-state index >= 15 is 0 Å². The zero-order chi connectivity index (χ0) is 24.2. The van der Waals surface area contributed by atoms with E-state index in [1.54, 1.807) is 11.3 Å². The lowest BCUT2D eigenvalue weighted by Crippen LogP contribution is -2.44. The third-order valence-electron chi connectivity index (χ3n) is 8.09. The number of anilines is 1. The Labute approximate surface area is 218 Å². The van der Waals surface area contributed by atoms with Crippen molar-refractivity contribution in [2.75, 3.05) is 64.4 Å². The van der Waals surface area contributed by atoms with Gasteiger partial charge in [-0.05, 0) is 61.7 Å². The quantitative estimate of drug-likeness (QED) is 0.422. The molecule has 0 bridgehead atoms. The van der Waals surface area contributed by atoms with Crippen LogP contribution < -0.4 is 5.32 Å². The van der Waals surface area contributed by atoms with Crippen molar-refractivity contribution in [3.05, 3.63) is 47.3 Å². The average Bonchev–Trinajstić information content (AvgIpc) is 3.59. The number of ether oxygens (including phenoxy) is 2. The number of pyridine rings is 1. The second kappa shape index (κ2) is 11.2. The molecule has 0 radical (unpaired) electrons. The van der Waals surface area contributed by atoms with Gasteiger partial charge in [0.2, 0.25) is 0 Å². The van der Waals surface area contributed by atoms with Crippen LogP contribution in [0.3, 0.4) is 0 Å². The fourth-order valence-corrected chi connectivity index (χ4v) is 6.72. The highest BCUT2D eigenvalue weighted by molar-refractivity contribution is 7.17. The van der Waals surface area contributed by atoms with Crippen LogP contribution in [0.4, 0.5) is 5.69 Å². The molecule has 1 N–H and O–H groups in total. The van der Waals surface area contributed by atoms with Crippen molar-refractivity contribution in [3.8, 4) is 11.3 Å². The van der Waals surface area contributed by atoms with E-state index in [0.717, 1.165) is 70.2 Å². The third-order valence-corrected chi connectivity index (χ3v) is 9.03. The summed E-state index contributed by atoms with van der Waals surface area (Å²) in [6, 6.07) is 13.3. The van der Waals surface area contributed by atoms with Gasteiger partial charge in [-0.15, -0.1) is 11.3 Å². The van der Waals surface area contributed by atoms with E-state index in [1.165, 1.54) is 60.3 Å². The molecule has 2 aromatic heterocycles. The summed E-state index contributed by atoms with van der Waals surface area (Å²) < 4.78 is 12.8. The Bertz CT molecular complexity index is 1130. The second-order valence-electron chi connectivity index (χ2n) is 10.5. The minimum Gasteiger partial charge on any atom is -0.384 e. The summed E-state index contributed by atoms with van der Waals surface area (Å²) >= 11 is 1.77. The van der Waals surface area contributed by atoms with E-state index in [2.05, 4.69) is 56.9 Å². The van der Waals surface area contributed by atoms with Gasteiger partial charge in [0, 0.05) is 51.4 Å². The molecule has 1 spiro atoms. The number of hydrogen-bond donors (Lipinski definition) is 1. The van der Waals surface area contributed by atoms with Crippen molar-refractivity contribution in [1.82, 2.24) is 14.8 Å². The summed E-state index contributed by atoms with van der Waals surface area (Å²) in [6.45, 7) is 10.1. The van der Waals surface area contributed by atoms with Crippen molar-refractivity contribution < 1.29 is 9.47 Å². The van der Waals surface area contributed by atoms with E-state index in [0.29, 0.717) is 0 Å². The highest BCUT2D eigenvalue weighted by atomic mass is 32.1. The first-order valence-electron chi connectivity index (χ1n) is 13.6. The van der Waals surface area contributed by atoms with E-state index in [-0.39, 0.29) is 5.60 Å². The monoisotopic (exact) mass is 506 g/mol. The first kappa shape index (κ1) is 24.3. The molecule has 3 fully saturated rings. The van der Waals surface area contributed by atoms with E-state index < -0.39 is 0 Å². The van der Waals surface area contributed by atoms with Gasteiger partial charge in [0.05, 0.1) is 40.4 Å². The second-order valence-corrected chi connectivity index (χ2v) is 11.4. The molecule has 192 valence electrons. The van der Waals surface area contributed by atoms with Crippen LogP contribution in [0.1, 0.15) is 37.7 Å². The molecule has 3 aliphatic heterocycles. The fourth-order valence-electron chi connectivity index (χ4n) is 5.89. The Kier molecular flexibility index (Phi) is 7.53. The van der Waals surface area contributed by atoms with E-state index in [1.807, 2.05) is 0 Å². The molecule has 0 amide bonds. The zero-order valence-corrected chi connectivity index (χ0v) is 22.0. The molecular formula is C29H38N4O2S. The topological polar surface area (TPSA) is 49.9 Å². The lowest BCUT2D eigenvalue weighted by atomic mass is 9.88. The maximum Gasteiger partial charge on any atom is 0.0838 e. The van der Waals surface area contributed by atoms with Crippen molar-refractivity contribution in [1.29, 1.82) is 0 Å². The molecule has 5 heterocycles. The molecule has 7 heteroatoms. The molecule has 1 aromatic carbocycles. The van der Waals surface area contributed by atoms with Crippen LogP contribution in [-0.2, 0) is 16.0 Å². The lowest BCUT2D eigenvalue weighted by molar-refractivity contribution is -0.0432. The lowest BCUT2D eigenvalue weighted by Gasteiger charge is -2.38. The highest BCUT2D eigenvalue weighted by Crippen LogP contribution is 2.36. The molecule has 0 saturated carbocycles. The molecule has 6 rings (SSSR count). The van der Waals surface area contributed by atoms with E-state index in [9.17, 15) is 0 Å². The van der Waals surface area contributed by atoms with E-state index in [4.69, 9.17) is 14.5 Å². The van der Waals surface area contributed by atoms with Crippen LogP contribution in [0.25, 0.3) is 21.5 Å². The normalized spacial score (nSPS) is 20.9. The summed E-state index contributed by atoms with van der Waals surface area (Å²) in [5, 5.41) is 5.88.